The van der Waals surface area contributed by atoms with Gasteiger partial charge in [-0.25, -0.2) is 0 Å². The van der Waals surface area contributed by atoms with E-state index in [9.17, 15) is 0 Å². The maximum absolute atomic E-state index is 2.08. The zero-order valence-electron chi connectivity index (χ0n) is 31.0. The summed E-state index contributed by atoms with van der Waals surface area (Å²) in [5.74, 6) is 0. The smallest absolute Gasteiger partial charge is 0.0661 e. The average Bonchev–Trinajstić information content (AvgIpc) is 2.30. The fourth-order valence-corrected chi connectivity index (χ4v) is 0. The first-order chi connectivity index (χ1) is 13.9. The standard InChI is InChI=1S/8C3H9N.8ClH/c8*1-4(2)3;;;;;;;;/h8*1-3H3;8*1H. The lowest BCUT2D eigenvalue weighted by Crippen LogP contribution is -3.02. The van der Waals surface area contributed by atoms with Crippen LogP contribution in [-0.4, -0.2) is 169 Å². The lowest BCUT2D eigenvalue weighted by atomic mass is 11.0. The molecule has 0 rings (SSSR count). The molecule has 0 atom stereocenters. The van der Waals surface area contributed by atoms with Gasteiger partial charge in [-0.3, -0.25) is 0 Å². The summed E-state index contributed by atoms with van der Waals surface area (Å²) in [6.07, 6.45) is 0. The van der Waals surface area contributed by atoms with Crippen molar-refractivity contribution in [3.8, 4) is 0 Å². The summed E-state index contributed by atoms with van der Waals surface area (Å²) >= 11 is 0. The Morgan fingerprint density at radius 2 is 0.125 bits per heavy atom. The van der Waals surface area contributed by atoms with Gasteiger partial charge in [-0.2, -0.15) is 0 Å². The number of halogens is 8. The van der Waals surface area contributed by atoms with Gasteiger partial charge in [0.15, 0.2) is 0 Å². The van der Waals surface area contributed by atoms with Crippen LogP contribution in [0.2, 0.25) is 0 Å². The van der Waals surface area contributed by atoms with Crippen LogP contribution in [0.1, 0.15) is 0 Å². The second-order valence-corrected chi connectivity index (χ2v) is 12.0. The largest absolute Gasteiger partial charge is 1.00 e. The van der Waals surface area contributed by atoms with Gasteiger partial charge >= 0.3 is 0 Å². The van der Waals surface area contributed by atoms with Gasteiger partial charge in [0.2, 0.25) is 0 Å². The van der Waals surface area contributed by atoms with Gasteiger partial charge in [0.05, 0.1) is 169 Å². The molecule has 0 bridgehead atoms. The molecule has 0 amide bonds. The molecule has 0 aromatic rings. The molecule has 0 aliphatic rings. The summed E-state index contributed by atoms with van der Waals surface area (Å²) in [6, 6.07) is 0. The summed E-state index contributed by atoms with van der Waals surface area (Å²) in [7, 11) is 50.0. The van der Waals surface area contributed by atoms with Crippen molar-refractivity contribution < 1.29 is 138 Å². The van der Waals surface area contributed by atoms with Crippen LogP contribution in [0, 0.1) is 0 Å². The van der Waals surface area contributed by atoms with Crippen molar-refractivity contribution in [3.63, 3.8) is 0 Å². The molecule has 0 saturated carbocycles. The predicted molar refractivity (Wildman–Crippen MR) is 150 cm³/mol. The highest BCUT2D eigenvalue weighted by Gasteiger charge is 1.63. The lowest BCUT2D eigenvalue weighted by Gasteiger charge is -1.88. The van der Waals surface area contributed by atoms with E-state index in [4.69, 9.17) is 0 Å². The second kappa shape index (κ2) is 97.0. The van der Waals surface area contributed by atoms with E-state index in [1.165, 1.54) is 39.2 Å². The van der Waals surface area contributed by atoms with E-state index < -0.39 is 0 Å². The van der Waals surface area contributed by atoms with Crippen LogP contribution in [-0.2, 0) is 0 Å². The van der Waals surface area contributed by atoms with Crippen molar-refractivity contribution in [3.05, 3.63) is 0 Å². The maximum atomic E-state index is 2.08. The van der Waals surface area contributed by atoms with E-state index in [2.05, 4.69) is 169 Å². The van der Waals surface area contributed by atoms with Gasteiger partial charge in [-0.1, -0.05) is 0 Å². The van der Waals surface area contributed by atoms with Gasteiger partial charge in [0, 0.05) is 0 Å². The van der Waals surface area contributed by atoms with Crippen molar-refractivity contribution in [1.29, 1.82) is 0 Å². The fourth-order valence-electron chi connectivity index (χ4n) is 0. The number of hydrogen-bond donors (Lipinski definition) is 8. The van der Waals surface area contributed by atoms with Crippen LogP contribution in [0.3, 0.4) is 0 Å². The Morgan fingerprint density at radius 3 is 0.125 bits per heavy atom. The molecule has 16 heteroatoms. The van der Waals surface area contributed by atoms with Crippen LogP contribution >= 0.6 is 0 Å². The fraction of sp³-hybridized carbons (Fsp3) is 1.00. The molecular formula is C24H80Cl8N8. The Morgan fingerprint density at radius 1 is 0.125 bits per heavy atom. The normalized spacial score (nSPS) is 7.20. The molecule has 0 spiro atoms. The summed E-state index contributed by atoms with van der Waals surface area (Å²) < 4.78 is 0. The molecule has 8 N–H and O–H groups in total. The third-order valence-corrected chi connectivity index (χ3v) is 0. The molecule has 0 radical (unpaired) electrons. The van der Waals surface area contributed by atoms with Crippen molar-refractivity contribution in [2.45, 2.75) is 0 Å². The quantitative estimate of drug-likeness (QED) is 0.121. The summed E-state index contributed by atoms with van der Waals surface area (Å²) in [4.78, 5) is 11.3. The Hall–Kier alpha value is 2.00. The molecule has 0 fully saturated rings. The predicted octanol–water partition coefficient (Wildman–Crippen LogP) is -33.9. The minimum Gasteiger partial charge on any atom is -1.00 e. The van der Waals surface area contributed by atoms with Gasteiger partial charge < -0.3 is 138 Å². The van der Waals surface area contributed by atoms with E-state index in [0.717, 1.165) is 0 Å². The van der Waals surface area contributed by atoms with Crippen molar-refractivity contribution in [1.82, 2.24) is 0 Å². The highest BCUT2D eigenvalue weighted by molar-refractivity contribution is 3.62. The minimum atomic E-state index is 0. The zero-order valence-corrected chi connectivity index (χ0v) is 37.1. The highest BCUT2D eigenvalue weighted by Crippen LogP contribution is 0.892. The van der Waals surface area contributed by atoms with Crippen LogP contribution in [0.4, 0.5) is 0 Å². The Kier molecular flexibility index (Phi) is 253. The number of nitrogens with one attached hydrogen (secondary N) is 8. The van der Waals surface area contributed by atoms with Gasteiger partial charge in [-0.05, 0) is 0 Å². The summed E-state index contributed by atoms with van der Waals surface area (Å²) in [5, 5.41) is 0. The van der Waals surface area contributed by atoms with Crippen LogP contribution in [0.25, 0.3) is 0 Å². The molecule has 0 aromatic heterocycles. The van der Waals surface area contributed by atoms with E-state index >= 15 is 0 Å². The minimum absolute atomic E-state index is 0. The van der Waals surface area contributed by atoms with Crippen molar-refractivity contribution >= 4 is 0 Å². The molecule has 8 nitrogen and oxygen atoms in total. The number of rotatable bonds is 0. The molecule has 0 aliphatic carbocycles. The van der Waals surface area contributed by atoms with E-state index in [0.29, 0.717) is 0 Å². The first-order valence-electron chi connectivity index (χ1n) is 12.0. The van der Waals surface area contributed by atoms with Crippen LogP contribution < -0.4 is 138 Å². The first-order valence-corrected chi connectivity index (χ1v) is 12.0. The maximum Gasteiger partial charge on any atom is 0.0661 e. The molecular weight excluding hydrogens is 684 g/mol. The summed E-state index contributed by atoms with van der Waals surface area (Å²) in [5.41, 5.74) is 0. The topological polar surface area (TPSA) is 35.5 Å². The molecule has 0 heterocycles. The first kappa shape index (κ1) is 104. The molecule has 0 aromatic carbocycles. The third-order valence-electron chi connectivity index (χ3n) is 0. The molecule has 0 unspecified atom stereocenters. The zero-order chi connectivity index (χ0) is 28.6. The third kappa shape index (κ3) is 15200. The average molecular weight is 765 g/mol. The molecule has 40 heavy (non-hydrogen) atoms. The summed E-state index contributed by atoms with van der Waals surface area (Å²) in [6.45, 7) is 0. The molecule has 0 saturated heterocycles. The lowest BCUT2D eigenvalue weighted by molar-refractivity contribution is -0.836. The Bertz CT molecular complexity index is 165. The SMILES string of the molecule is C[NH+](C)C.C[NH+](C)C.C[NH+](C)C.C[NH+](C)C.C[NH+](C)C.C[NH+](C)C.C[NH+](C)C.C[NH+](C)C.[Cl-].[Cl-].[Cl-].[Cl-].[Cl-].[Cl-].[Cl-].[Cl-]. The number of quaternary nitrogens is 8. The van der Waals surface area contributed by atoms with Crippen LogP contribution in [0.15, 0.2) is 0 Å². The Labute approximate surface area is 305 Å². The van der Waals surface area contributed by atoms with Gasteiger partial charge in [0.1, 0.15) is 0 Å². The highest BCUT2D eigenvalue weighted by atomic mass is 35.5. The van der Waals surface area contributed by atoms with E-state index in [1.807, 2.05) is 0 Å². The van der Waals surface area contributed by atoms with E-state index in [-0.39, 0.29) is 99.3 Å². The van der Waals surface area contributed by atoms with Gasteiger partial charge in [0.25, 0.3) is 0 Å². The van der Waals surface area contributed by atoms with Gasteiger partial charge in [-0.15, -0.1) is 0 Å². The van der Waals surface area contributed by atoms with Crippen LogP contribution in [0.5, 0.6) is 0 Å². The van der Waals surface area contributed by atoms with Crippen molar-refractivity contribution in [2.75, 3.05) is 169 Å². The molecule has 272 valence electrons. The second-order valence-electron chi connectivity index (χ2n) is 12.0. The number of hydrogen-bond acceptors (Lipinski definition) is 0. The van der Waals surface area contributed by atoms with Crippen molar-refractivity contribution in [2.24, 2.45) is 0 Å². The monoisotopic (exact) mass is 760 g/mol. The Balaban J connectivity index is -0.0000000114. The van der Waals surface area contributed by atoms with E-state index in [1.54, 1.807) is 0 Å². The molecule has 0 aliphatic heterocycles.